The summed E-state index contributed by atoms with van der Waals surface area (Å²) in [5, 5.41) is 0. The molecule has 4 atom stereocenters. The molecule has 614 valence electrons. The molecule has 0 aliphatic heterocycles. The summed E-state index contributed by atoms with van der Waals surface area (Å²) < 4.78 is 194. The molecule has 0 N–H and O–H groups in total. The molecule has 21 rings (SSSR count). The topological polar surface area (TPSA) is 0 Å². The fourth-order valence-electron chi connectivity index (χ4n) is 23.6. The van der Waals surface area contributed by atoms with Crippen LogP contribution in [0.25, 0.3) is 145 Å². The molecule has 0 spiro atoms. The van der Waals surface area contributed by atoms with E-state index in [1.807, 2.05) is 97.9 Å². The summed E-state index contributed by atoms with van der Waals surface area (Å²) in [6, 6.07) is 78.4. The van der Waals surface area contributed by atoms with Gasteiger partial charge >= 0.3 is 24.7 Å². The second-order valence-electron chi connectivity index (χ2n) is 36.8. The molecule has 0 heterocycles. The van der Waals surface area contributed by atoms with Crippen molar-refractivity contribution < 1.29 is 52.7 Å². The summed E-state index contributed by atoms with van der Waals surface area (Å²) in [5.74, 6) is 0. The molecule has 0 radical (unpaired) electrons. The van der Waals surface area contributed by atoms with Crippen molar-refractivity contribution in [1.29, 1.82) is 0 Å². The van der Waals surface area contributed by atoms with E-state index in [1.165, 1.54) is 27.7 Å². The van der Waals surface area contributed by atoms with E-state index >= 15 is 52.7 Å². The lowest BCUT2D eigenvalue weighted by Gasteiger charge is -2.31. The van der Waals surface area contributed by atoms with Crippen molar-refractivity contribution in [2.24, 2.45) is 0 Å². The normalized spacial score (nSPS) is 20.0. The van der Waals surface area contributed by atoms with Crippen molar-refractivity contribution >= 4 is 0 Å². The minimum Gasteiger partial charge on any atom is -0.170 e. The van der Waals surface area contributed by atoms with Crippen molar-refractivity contribution in [3.63, 3.8) is 0 Å². The summed E-state index contributed by atoms with van der Waals surface area (Å²) in [7, 11) is 0. The van der Waals surface area contributed by atoms with Crippen molar-refractivity contribution in [3.8, 4) is 145 Å². The highest BCUT2D eigenvalue weighted by Gasteiger charge is 2.63. The number of alkyl halides is 12. The number of halogens is 12. The standard InChI is InChI=1S/C111H86F12/c1-13-106(14-2)97-51-65(61-25-35-73-71-21-17-19-23-87(71)102(9,91(73)47-61)108(112,113)114)29-39-79(97)81-41-31-67(53-99(81)106)63-27-37-75-77-43-33-69(55-95(77)104(11,93(75)49-63)110(118,119)120)83-57-86-85-45-59(5)60(6)46-89(85)101(7,8)90(86)58-84(83)70-34-44-78-76-38-28-64(50-94(76)105(12,96(78)56-70)111(121,122)123)68-32-42-82-80-40-30-66(52-98(80)107(15-3,16-4)100(82)54-68)62-26-36-74-72-22-18-20-24-88(72)103(10,92(74)48-62)109(115,116)117/h17-58H,13-16H2,1-12H3. The molecular weight excluding hydrogens is 1560 g/mol. The maximum absolute atomic E-state index is 17.0. The second kappa shape index (κ2) is 25.7. The van der Waals surface area contributed by atoms with Crippen molar-refractivity contribution in [2.75, 3.05) is 0 Å². The van der Waals surface area contributed by atoms with Gasteiger partial charge in [-0.2, -0.15) is 52.7 Å². The van der Waals surface area contributed by atoms with Gasteiger partial charge in [-0.15, -0.1) is 0 Å². The Bertz CT molecular complexity index is 7000. The Morgan fingerprint density at radius 2 is 0.390 bits per heavy atom. The van der Waals surface area contributed by atoms with Crippen LogP contribution >= 0.6 is 0 Å². The molecule has 123 heavy (non-hydrogen) atoms. The lowest BCUT2D eigenvalue weighted by atomic mass is 9.72. The number of rotatable bonds is 10. The van der Waals surface area contributed by atoms with Crippen molar-refractivity contribution in [2.45, 2.75) is 171 Å². The van der Waals surface area contributed by atoms with E-state index < -0.39 is 62.6 Å². The molecule has 7 aliphatic rings. The molecule has 0 amide bonds. The zero-order chi connectivity index (χ0) is 86.3. The Hall–Kier alpha value is -11.8. The Morgan fingerprint density at radius 3 is 0.667 bits per heavy atom. The van der Waals surface area contributed by atoms with Gasteiger partial charge in [0.15, 0.2) is 0 Å². The van der Waals surface area contributed by atoms with E-state index in [9.17, 15) is 0 Å². The van der Waals surface area contributed by atoms with Gasteiger partial charge in [0.05, 0.1) is 0 Å². The third-order valence-electron chi connectivity index (χ3n) is 31.2. The van der Waals surface area contributed by atoms with Gasteiger partial charge in [-0.25, -0.2) is 0 Å². The first kappa shape index (κ1) is 78.5. The Morgan fingerprint density at radius 1 is 0.187 bits per heavy atom. The third kappa shape index (κ3) is 10.2. The van der Waals surface area contributed by atoms with Crippen LogP contribution in [0.1, 0.15) is 184 Å². The molecule has 0 fully saturated rings. The third-order valence-corrected chi connectivity index (χ3v) is 31.2. The maximum atomic E-state index is 17.0. The molecule has 12 heteroatoms. The largest absolute Gasteiger partial charge is 0.402 e. The van der Waals surface area contributed by atoms with Crippen LogP contribution in [0.5, 0.6) is 0 Å². The van der Waals surface area contributed by atoms with E-state index in [0.717, 1.165) is 100 Å². The zero-order valence-electron chi connectivity index (χ0n) is 70.1. The summed E-state index contributed by atoms with van der Waals surface area (Å²) in [6.07, 6.45) is -16.1. The fraction of sp³-hybridized carbons (Fsp3) is 0.243. The number of fused-ring (bicyclic) bond motifs is 21. The van der Waals surface area contributed by atoms with Crippen LogP contribution in [-0.4, -0.2) is 24.7 Å². The summed E-state index contributed by atoms with van der Waals surface area (Å²) in [6.45, 7) is 21.9. The van der Waals surface area contributed by atoms with Crippen LogP contribution in [0.15, 0.2) is 255 Å². The molecule has 4 unspecified atom stereocenters. The fourth-order valence-corrected chi connectivity index (χ4v) is 23.6. The predicted molar refractivity (Wildman–Crippen MR) is 471 cm³/mol. The van der Waals surface area contributed by atoms with Crippen molar-refractivity contribution in [3.05, 3.63) is 344 Å². The number of hydrogen-bond donors (Lipinski definition) is 0. The van der Waals surface area contributed by atoms with Gasteiger partial charge in [0.2, 0.25) is 0 Å². The summed E-state index contributed by atoms with van der Waals surface area (Å²) in [4.78, 5) is 0. The van der Waals surface area contributed by atoms with Crippen LogP contribution in [0.4, 0.5) is 52.7 Å². The summed E-state index contributed by atoms with van der Waals surface area (Å²) in [5.41, 5.74) is 15.5. The molecule has 14 aromatic rings. The van der Waals surface area contributed by atoms with E-state index in [-0.39, 0.29) is 44.5 Å². The maximum Gasteiger partial charge on any atom is 0.402 e. The zero-order valence-corrected chi connectivity index (χ0v) is 70.1. The van der Waals surface area contributed by atoms with Gasteiger partial charge in [0.25, 0.3) is 0 Å². The molecule has 7 aliphatic carbocycles. The number of aryl methyl sites for hydroxylation is 2. The predicted octanol–water partition coefficient (Wildman–Crippen LogP) is 32.2. The highest BCUT2D eigenvalue weighted by Crippen LogP contribution is 2.66. The van der Waals surface area contributed by atoms with E-state index in [2.05, 4.69) is 90.9 Å². The molecule has 0 aromatic heterocycles. The molecule has 0 saturated carbocycles. The first-order valence-electron chi connectivity index (χ1n) is 42.6. The Kier molecular flexibility index (Phi) is 16.4. The Balaban J connectivity index is 0.634. The molecular formula is C111H86F12. The molecule has 14 aromatic carbocycles. The average Bonchev–Trinajstić information content (AvgIpc) is 1.55. The Labute approximate surface area is 708 Å². The van der Waals surface area contributed by atoms with Gasteiger partial charge in [-0.05, 0) is 374 Å². The second-order valence-corrected chi connectivity index (χ2v) is 36.8. The van der Waals surface area contributed by atoms with Gasteiger partial charge in [0.1, 0.15) is 21.7 Å². The van der Waals surface area contributed by atoms with Crippen LogP contribution in [0.3, 0.4) is 0 Å². The van der Waals surface area contributed by atoms with Crippen molar-refractivity contribution in [1.82, 2.24) is 0 Å². The van der Waals surface area contributed by atoms with Crippen LogP contribution in [0.2, 0.25) is 0 Å². The van der Waals surface area contributed by atoms with Crippen LogP contribution in [0, 0.1) is 13.8 Å². The minimum atomic E-state index is -4.84. The first-order chi connectivity index (χ1) is 58.3. The summed E-state index contributed by atoms with van der Waals surface area (Å²) >= 11 is 0. The molecule has 0 nitrogen and oxygen atoms in total. The first-order valence-corrected chi connectivity index (χ1v) is 42.6. The van der Waals surface area contributed by atoms with Gasteiger partial charge in [-0.3, -0.25) is 0 Å². The minimum absolute atomic E-state index is 0.0489. The number of hydrogen-bond acceptors (Lipinski definition) is 0. The van der Waals surface area contributed by atoms with Gasteiger partial charge in [0, 0.05) is 16.2 Å². The van der Waals surface area contributed by atoms with E-state index in [1.54, 1.807) is 121 Å². The van der Waals surface area contributed by atoms with Crippen LogP contribution < -0.4 is 0 Å². The van der Waals surface area contributed by atoms with Gasteiger partial charge < -0.3 is 0 Å². The highest BCUT2D eigenvalue weighted by molar-refractivity contribution is 5.99. The van der Waals surface area contributed by atoms with E-state index in [4.69, 9.17) is 0 Å². The van der Waals surface area contributed by atoms with Gasteiger partial charge in [-0.1, -0.05) is 224 Å². The lowest BCUT2D eigenvalue weighted by Crippen LogP contribution is -2.39. The number of benzene rings is 14. The molecule has 0 saturated heterocycles. The van der Waals surface area contributed by atoms with E-state index in [0.29, 0.717) is 115 Å². The smallest absolute Gasteiger partial charge is 0.170 e. The van der Waals surface area contributed by atoms with Crippen LogP contribution in [-0.2, 0) is 37.9 Å². The highest BCUT2D eigenvalue weighted by atomic mass is 19.4. The quantitative estimate of drug-likeness (QED) is 0.120. The molecule has 0 bridgehead atoms. The SMILES string of the molecule is CCC1(CC)c2cc(-c3ccc4c(c3)C(C)(C(F)(F)F)c3ccccc3-4)ccc2-c2ccc(-c3ccc4c(c3)C(C)(C(F)(F)F)c3cc(-c5cc6c(cc5-c5ccc7c(c5)C(C)(C(F)(F)F)c5cc(-c8ccc9c(c8)C(CC)(CC)c8cc(-c%10ccc%11c(c%10)C(C)(C(F)(F)F)c%10ccccc%10-%11)ccc8-9)ccc5-7)C(C)(C)c5cc(C)c(C)cc5-6)ccc3-4)cc21. The lowest BCUT2D eigenvalue weighted by molar-refractivity contribution is -0.172. The monoisotopic (exact) mass is 1650 g/mol. The average molecular weight is 1650 g/mol.